The highest BCUT2D eigenvalue weighted by Gasteiger charge is 2.17. The Kier molecular flexibility index (Phi) is 4.43. The summed E-state index contributed by atoms with van der Waals surface area (Å²) in [6, 6.07) is 0.662. The summed E-state index contributed by atoms with van der Waals surface area (Å²) in [6.07, 6.45) is 1.08. The Hall–Kier alpha value is -1.89. The Balaban J connectivity index is 2.86. The molecule has 0 saturated heterocycles. The van der Waals surface area contributed by atoms with E-state index in [1.165, 1.54) is 11.0 Å². The Labute approximate surface area is 109 Å². The van der Waals surface area contributed by atoms with Crippen molar-refractivity contribution in [1.29, 1.82) is 0 Å². The van der Waals surface area contributed by atoms with E-state index in [4.69, 9.17) is 11.6 Å². The highest BCUT2D eigenvalue weighted by molar-refractivity contribution is 6.33. The van der Waals surface area contributed by atoms with Crippen molar-refractivity contribution in [3.63, 3.8) is 0 Å². The molecule has 1 heterocycles. The molecule has 98 valence electrons. The van der Waals surface area contributed by atoms with Crippen molar-refractivity contribution in [3.8, 4) is 0 Å². The van der Waals surface area contributed by atoms with Gasteiger partial charge >= 0.3 is 0 Å². The van der Waals surface area contributed by atoms with Crippen LogP contribution < -0.4 is 5.32 Å². The highest BCUT2D eigenvalue weighted by Crippen LogP contribution is 2.24. The number of nitro groups is 1. The molecule has 0 saturated carbocycles. The van der Waals surface area contributed by atoms with E-state index < -0.39 is 11.0 Å². The maximum absolute atomic E-state index is 11.6. The Morgan fingerprint density at radius 3 is 2.67 bits per heavy atom. The van der Waals surface area contributed by atoms with E-state index in [0.29, 0.717) is 0 Å². The zero-order valence-corrected chi connectivity index (χ0v) is 10.9. The third kappa shape index (κ3) is 3.30. The van der Waals surface area contributed by atoms with E-state index in [0.717, 1.165) is 6.20 Å². The minimum Gasteiger partial charge on any atom is -0.357 e. The first-order valence-electron chi connectivity index (χ1n) is 5.10. The van der Waals surface area contributed by atoms with Gasteiger partial charge < -0.3 is 10.2 Å². The van der Waals surface area contributed by atoms with Gasteiger partial charge in [0.2, 0.25) is 5.91 Å². The summed E-state index contributed by atoms with van der Waals surface area (Å²) >= 11 is 5.85. The number of rotatable bonds is 4. The van der Waals surface area contributed by atoms with E-state index in [1.54, 1.807) is 21.0 Å². The van der Waals surface area contributed by atoms with Gasteiger partial charge in [0.1, 0.15) is 18.1 Å². The fraction of sp³-hybridized carbons (Fsp3) is 0.400. The van der Waals surface area contributed by atoms with Gasteiger partial charge in [0.05, 0.1) is 9.95 Å². The number of hydrogen-bond donors (Lipinski definition) is 1. The molecule has 1 aromatic heterocycles. The molecule has 1 rings (SSSR count). The van der Waals surface area contributed by atoms with Crippen LogP contribution in [0.3, 0.4) is 0 Å². The molecule has 1 unspecified atom stereocenters. The molecule has 0 radical (unpaired) electrons. The van der Waals surface area contributed by atoms with Crippen molar-refractivity contribution in [2.75, 3.05) is 19.4 Å². The van der Waals surface area contributed by atoms with Crippen LogP contribution in [0.4, 0.5) is 11.5 Å². The molecule has 0 aromatic carbocycles. The van der Waals surface area contributed by atoms with Crippen molar-refractivity contribution in [3.05, 3.63) is 27.4 Å². The van der Waals surface area contributed by atoms with Crippen molar-refractivity contribution < 1.29 is 9.72 Å². The Bertz CT molecular complexity index is 478. The fourth-order valence-corrected chi connectivity index (χ4v) is 1.50. The van der Waals surface area contributed by atoms with E-state index in [-0.39, 0.29) is 22.4 Å². The molecular formula is C10H13ClN4O3. The lowest BCUT2D eigenvalue weighted by atomic mass is 10.3. The fourth-order valence-electron chi connectivity index (χ4n) is 1.29. The predicted molar refractivity (Wildman–Crippen MR) is 67.7 cm³/mol. The van der Waals surface area contributed by atoms with E-state index in [1.807, 2.05) is 0 Å². The summed E-state index contributed by atoms with van der Waals surface area (Å²) in [5, 5.41) is 13.4. The van der Waals surface area contributed by atoms with Crippen LogP contribution in [0.2, 0.25) is 5.02 Å². The molecule has 1 aromatic rings. The minimum atomic E-state index is -0.586. The molecule has 0 fully saturated rings. The number of halogens is 1. The number of carbonyl (C=O) groups is 1. The zero-order valence-electron chi connectivity index (χ0n) is 10.2. The molecule has 0 bridgehead atoms. The van der Waals surface area contributed by atoms with Crippen LogP contribution in [0, 0.1) is 10.1 Å². The van der Waals surface area contributed by atoms with Gasteiger partial charge in [-0.05, 0) is 6.92 Å². The van der Waals surface area contributed by atoms with Crippen LogP contribution in [0.15, 0.2) is 12.3 Å². The number of hydrogen-bond acceptors (Lipinski definition) is 5. The van der Waals surface area contributed by atoms with E-state index >= 15 is 0 Å². The zero-order chi connectivity index (χ0) is 13.9. The van der Waals surface area contributed by atoms with E-state index in [9.17, 15) is 14.9 Å². The van der Waals surface area contributed by atoms with Crippen LogP contribution in [0.25, 0.3) is 0 Å². The number of anilines is 1. The van der Waals surface area contributed by atoms with Crippen LogP contribution in [-0.2, 0) is 4.79 Å². The Morgan fingerprint density at radius 1 is 1.61 bits per heavy atom. The third-order valence-electron chi connectivity index (χ3n) is 2.20. The molecule has 0 aliphatic carbocycles. The maximum Gasteiger partial charge on any atom is 0.289 e. The maximum atomic E-state index is 11.6. The van der Waals surface area contributed by atoms with Crippen LogP contribution in [0.1, 0.15) is 6.92 Å². The number of aromatic nitrogens is 1. The number of nitrogens with zero attached hydrogens (tertiary/aromatic N) is 3. The van der Waals surface area contributed by atoms with Gasteiger partial charge in [-0.2, -0.15) is 0 Å². The quantitative estimate of drug-likeness (QED) is 0.663. The lowest BCUT2D eigenvalue weighted by molar-refractivity contribution is -0.385. The molecule has 0 aliphatic rings. The molecule has 8 heteroatoms. The number of carbonyl (C=O) groups excluding carboxylic acids is 1. The van der Waals surface area contributed by atoms with Gasteiger partial charge in [-0.1, -0.05) is 11.6 Å². The van der Waals surface area contributed by atoms with Crippen LogP contribution in [-0.4, -0.2) is 40.9 Å². The van der Waals surface area contributed by atoms with Crippen LogP contribution >= 0.6 is 11.6 Å². The first-order chi connectivity index (χ1) is 8.32. The second-order valence-corrected chi connectivity index (χ2v) is 4.29. The highest BCUT2D eigenvalue weighted by atomic mass is 35.5. The van der Waals surface area contributed by atoms with Crippen molar-refractivity contribution in [2.24, 2.45) is 0 Å². The lowest BCUT2D eigenvalue weighted by Gasteiger charge is -2.18. The van der Waals surface area contributed by atoms with Gasteiger partial charge in [-0.3, -0.25) is 14.9 Å². The number of pyridine rings is 1. The topological polar surface area (TPSA) is 88.4 Å². The van der Waals surface area contributed by atoms with Gasteiger partial charge in [0, 0.05) is 20.2 Å². The van der Waals surface area contributed by atoms with Gasteiger partial charge in [-0.25, -0.2) is 4.98 Å². The normalized spacial score (nSPS) is 11.8. The van der Waals surface area contributed by atoms with Crippen molar-refractivity contribution >= 4 is 29.0 Å². The SMILES string of the molecule is CC(Nc1ncc([N+](=O)[O-])cc1Cl)C(=O)N(C)C. The summed E-state index contributed by atoms with van der Waals surface area (Å²) in [6.45, 7) is 1.65. The largest absolute Gasteiger partial charge is 0.357 e. The molecule has 1 N–H and O–H groups in total. The average molecular weight is 273 g/mol. The first-order valence-corrected chi connectivity index (χ1v) is 5.48. The summed E-state index contributed by atoms with van der Waals surface area (Å²) in [5.74, 6) is 0.0937. The molecule has 1 atom stereocenters. The lowest BCUT2D eigenvalue weighted by Crippen LogP contribution is -2.36. The van der Waals surface area contributed by atoms with Gasteiger partial charge in [-0.15, -0.1) is 0 Å². The molecule has 18 heavy (non-hydrogen) atoms. The van der Waals surface area contributed by atoms with Gasteiger partial charge in [0.25, 0.3) is 5.69 Å². The number of likely N-dealkylation sites (N-methyl/N-ethyl adjacent to an activating group) is 1. The smallest absolute Gasteiger partial charge is 0.289 e. The molecular weight excluding hydrogens is 260 g/mol. The molecule has 1 amide bonds. The summed E-state index contributed by atoms with van der Waals surface area (Å²) in [5.41, 5.74) is -0.197. The standard InChI is InChI=1S/C10H13ClN4O3/c1-6(10(16)14(2)3)13-9-8(11)4-7(5-12-9)15(17)18/h4-6H,1-3H3,(H,12,13). The summed E-state index contributed by atoms with van der Waals surface area (Å²) in [7, 11) is 3.26. The number of amides is 1. The molecule has 0 aliphatic heterocycles. The second kappa shape index (κ2) is 5.63. The third-order valence-corrected chi connectivity index (χ3v) is 2.49. The molecule has 7 nitrogen and oxygen atoms in total. The predicted octanol–water partition coefficient (Wildman–Crippen LogP) is 1.53. The average Bonchev–Trinajstić information content (AvgIpc) is 2.30. The summed E-state index contributed by atoms with van der Waals surface area (Å²) in [4.78, 5) is 26.8. The molecule has 0 spiro atoms. The van der Waals surface area contributed by atoms with Crippen molar-refractivity contribution in [2.45, 2.75) is 13.0 Å². The number of nitrogens with one attached hydrogen (secondary N) is 1. The van der Waals surface area contributed by atoms with Gasteiger partial charge in [0.15, 0.2) is 0 Å². The monoisotopic (exact) mass is 272 g/mol. The van der Waals surface area contributed by atoms with Crippen molar-refractivity contribution in [1.82, 2.24) is 9.88 Å². The summed E-state index contributed by atoms with van der Waals surface area (Å²) < 4.78 is 0. The first kappa shape index (κ1) is 14.2. The van der Waals surface area contributed by atoms with Crippen LogP contribution in [0.5, 0.6) is 0 Å². The minimum absolute atomic E-state index is 0.0996. The van der Waals surface area contributed by atoms with E-state index in [2.05, 4.69) is 10.3 Å². The second-order valence-electron chi connectivity index (χ2n) is 3.88. The Morgan fingerprint density at radius 2 is 2.22 bits per heavy atom.